The molecule has 1 amide bonds. The molecule has 0 saturated heterocycles. The number of aliphatic hydroxyl groups is 1. The zero-order chi connectivity index (χ0) is 15.0. The molecule has 20 heavy (non-hydrogen) atoms. The first-order valence-electron chi connectivity index (χ1n) is 6.80. The van der Waals surface area contributed by atoms with Gasteiger partial charge in [-0.3, -0.25) is 4.79 Å². The molecule has 5 heteroatoms. The third kappa shape index (κ3) is 5.17. The zero-order valence-corrected chi connectivity index (χ0v) is 12.0. The average molecular weight is 283 g/mol. The van der Waals surface area contributed by atoms with Crippen molar-refractivity contribution >= 4 is 5.91 Å². The number of ether oxygens (including phenoxy) is 1. The van der Waals surface area contributed by atoms with Crippen molar-refractivity contribution in [1.82, 2.24) is 5.32 Å². The normalized spacial score (nSPS) is 13.6. The van der Waals surface area contributed by atoms with Crippen molar-refractivity contribution in [3.63, 3.8) is 0 Å². The highest BCUT2D eigenvalue weighted by atomic mass is 19.1. The van der Waals surface area contributed by atoms with Crippen LogP contribution < -0.4 is 10.1 Å². The molecule has 0 radical (unpaired) electrons. The maximum absolute atomic E-state index is 13.3. The predicted octanol–water partition coefficient (Wildman–Crippen LogP) is 2.26. The maximum atomic E-state index is 13.3. The Hall–Kier alpha value is -1.62. The first kappa shape index (κ1) is 16.4. The van der Waals surface area contributed by atoms with E-state index in [9.17, 15) is 9.18 Å². The summed E-state index contributed by atoms with van der Waals surface area (Å²) < 4.78 is 18.5. The lowest BCUT2D eigenvalue weighted by Gasteiger charge is -2.29. The van der Waals surface area contributed by atoms with Crippen molar-refractivity contribution in [2.45, 2.75) is 38.6 Å². The van der Waals surface area contributed by atoms with Crippen LogP contribution in [0.2, 0.25) is 0 Å². The van der Waals surface area contributed by atoms with Crippen LogP contribution in [0.5, 0.6) is 5.75 Å². The van der Waals surface area contributed by atoms with Crippen molar-refractivity contribution in [2.75, 3.05) is 13.2 Å². The van der Waals surface area contributed by atoms with Crippen LogP contribution in [0.15, 0.2) is 24.3 Å². The third-order valence-electron chi connectivity index (χ3n) is 3.31. The fourth-order valence-electron chi connectivity index (χ4n) is 1.79. The second-order valence-electron chi connectivity index (χ2n) is 4.96. The molecule has 1 rings (SSSR count). The third-order valence-corrected chi connectivity index (χ3v) is 3.31. The van der Waals surface area contributed by atoms with Crippen LogP contribution in [0.4, 0.5) is 4.39 Å². The number of amides is 1. The minimum atomic E-state index is -0.438. The van der Waals surface area contributed by atoms with Gasteiger partial charge in [-0.05, 0) is 31.9 Å². The molecule has 0 aliphatic rings. The Morgan fingerprint density at radius 1 is 1.45 bits per heavy atom. The second-order valence-corrected chi connectivity index (χ2v) is 4.96. The Balaban J connectivity index is 2.38. The number of hydrogen-bond donors (Lipinski definition) is 2. The van der Waals surface area contributed by atoms with Gasteiger partial charge in [0.1, 0.15) is 0 Å². The van der Waals surface area contributed by atoms with E-state index in [1.165, 1.54) is 12.1 Å². The van der Waals surface area contributed by atoms with Gasteiger partial charge in [0.25, 0.3) is 0 Å². The van der Waals surface area contributed by atoms with Gasteiger partial charge in [0, 0.05) is 12.1 Å². The summed E-state index contributed by atoms with van der Waals surface area (Å²) in [6, 6.07) is 6.09. The quantitative estimate of drug-likeness (QED) is 0.769. The van der Waals surface area contributed by atoms with Crippen LogP contribution in [0.1, 0.15) is 33.1 Å². The van der Waals surface area contributed by atoms with Gasteiger partial charge in [-0.15, -0.1) is 0 Å². The zero-order valence-electron chi connectivity index (χ0n) is 12.0. The number of benzene rings is 1. The molecule has 0 aromatic heterocycles. The summed E-state index contributed by atoms with van der Waals surface area (Å²) in [6.45, 7) is 3.98. The summed E-state index contributed by atoms with van der Waals surface area (Å²) in [4.78, 5) is 11.8. The van der Waals surface area contributed by atoms with Crippen LogP contribution in [0.3, 0.4) is 0 Å². The monoisotopic (exact) mass is 283 g/mol. The van der Waals surface area contributed by atoms with Crippen molar-refractivity contribution < 1.29 is 19.0 Å². The second kappa shape index (κ2) is 7.85. The number of rotatable bonds is 8. The minimum Gasteiger partial charge on any atom is -0.490 e. The molecule has 1 aromatic rings. The summed E-state index contributed by atoms with van der Waals surface area (Å²) in [5.41, 5.74) is -0.413. The van der Waals surface area contributed by atoms with Gasteiger partial charge in [0.05, 0.1) is 13.0 Å². The van der Waals surface area contributed by atoms with E-state index < -0.39 is 11.4 Å². The smallest absolute Gasteiger partial charge is 0.223 e. The fourth-order valence-corrected chi connectivity index (χ4v) is 1.79. The van der Waals surface area contributed by atoms with Crippen molar-refractivity contribution in [3.8, 4) is 5.75 Å². The van der Waals surface area contributed by atoms with Gasteiger partial charge in [0.2, 0.25) is 5.91 Å². The Kier molecular flexibility index (Phi) is 6.45. The largest absolute Gasteiger partial charge is 0.490 e. The number of aliphatic hydroxyl groups excluding tert-OH is 1. The summed E-state index contributed by atoms with van der Waals surface area (Å²) in [5.74, 6) is -0.459. The number of carbonyl (C=O) groups excluding carboxylic acids is 1. The van der Waals surface area contributed by atoms with Crippen molar-refractivity contribution in [3.05, 3.63) is 30.1 Å². The van der Waals surface area contributed by atoms with E-state index in [2.05, 4.69) is 5.32 Å². The first-order chi connectivity index (χ1) is 9.50. The molecule has 112 valence electrons. The highest BCUT2D eigenvalue weighted by molar-refractivity contribution is 5.76. The lowest BCUT2D eigenvalue weighted by Crippen LogP contribution is -2.46. The van der Waals surface area contributed by atoms with Gasteiger partial charge in [-0.1, -0.05) is 19.1 Å². The van der Waals surface area contributed by atoms with Gasteiger partial charge in [0.15, 0.2) is 11.6 Å². The van der Waals surface area contributed by atoms with Gasteiger partial charge in [-0.2, -0.15) is 0 Å². The molecule has 0 saturated carbocycles. The van der Waals surface area contributed by atoms with E-state index in [-0.39, 0.29) is 31.3 Å². The molecule has 1 unspecified atom stereocenters. The van der Waals surface area contributed by atoms with Crippen LogP contribution in [0, 0.1) is 5.82 Å². The Labute approximate surface area is 119 Å². The molecule has 0 heterocycles. The highest BCUT2D eigenvalue weighted by Gasteiger charge is 2.23. The Bertz CT molecular complexity index is 439. The van der Waals surface area contributed by atoms with Gasteiger partial charge < -0.3 is 15.2 Å². The lowest BCUT2D eigenvalue weighted by atomic mass is 9.95. The lowest BCUT2D eigenvalue weighted by molar-refractivity contribution is -0.123. The average Bonchev–Trinajstić information content (AvgIpc) is 2.41. The molecule has 0 aliphatic carbocycles. The minimum absolute atomic E-state index is 0.0242. The molecule has 1 atom stereocenters. The Morgan fingerprint density at radius 2 is 2.15 bits per heavy atom. The molecule has 1 aromatic carbocycles. The molecule has 0 aliphatic heterocycles. The van der Waals surface area contributed by atoms with Crippen LogP contribution in [-0.2, 0) is 4.79 Å². The van der Waals surface area contributed by atoms with E-state index in [0.29, 0.717) is 6.42 Å². The number of carbonyl (C=O) groups is 1. The van der Waals surface area contributed by atoms with E-state index in [1.807, 2.05) is 13.8 Å². The number of nitrogens with one attached hydrogen (secondary N) is 1. The van der Waals surface area contributed by atoms with Crippen LogP contribution in [0.25, 0.3) is 0 Å². The SMILES string of the molecule is CCC(C)(CCO)NC(=O)CCOc1ccccc1F. The molecule has 0 bridgehead atoms. The molecule has 4 nitrogen and oxygen atoms in total. The molecule has 2 N–H and O–H groups in total. The predicted molar refractivity (Wildman–Crippen MR) is 75.1 cm³/mol. The first-order valence-corrected chi connectivity index (χ1v) is 6.80. The van der Waals surface area contributed by atoms with Crippen LogP contribution in [-0.4, -0.2) is 29.8 Å². The molecule has 0 fully saturated rings. The molecular formula is C15H22FNO3. The maximum Gasteiger partial charge on any atom is 0.223 e. The van der Waals surface area contributed by atoms with E-state index in [0.717, 1.165) is 6.42 Å². The number of hydrogen-bond acceptors (Lipinski definition) is 3. The molecule has 0 spiro atoms. The summed E-state index contributed by atoms with van der Waals surface area (Å²) >= 11 is 0. The Morgan fingerprint density at radius 3 is 2.75 bits per heavy atom. The summed E-state index contributed by atoms with van der Waals surface area (Å²) in [5, 5.41) is 11.9. The number of para-hydroxylation sites is 1. The number of halogens is 1. The summed E-state index contributed by atoms with van der Waals surface area (Å²) in [6.07, 6.45) is 1.38. The van der Waals surface area contributed by atoms with Gasteiger partial charge in [-0.25, -0.2) is 4.39 Å². The summed E-state index contributed by atoms with van der Waals surface area (Å²) in [7, 11) is 0. The van der Waals surface area contributed by atoms with Gasteiger partial charge >= 0.3 is 0 Å². The van der Waals surface area contributed by atoms with E-state index in [1.54, 1.807) is 12.1 Å². The van der Waals surface area contributed by atoms with Crippen molar-refractivity contribution in [2.24, 2.45) is 0 Å². The topological polar surface area (TPSA) is 58.6 Å². The van der Waals surface area contributed by atoms with Crippen molar-refractivity contribution in [1.29, 1.82) is 0 Å². The fraction of sp³-hybridized carbons (Fsp3) is 0.533. The molecular weight excluding hydrogens is 261 g/mol. The standard InChI is InChI=1S/C15H22FNO3/c1-3-15(2,9-10-18)17-14(19)8-11-20-13-7-5-4-6-12(13)16/h4-7,18H,3,8-11H2,1-2H3,(H,17,19). The van der Waals surface area contributed by atoms with Crippen LogP contribution >= 0.6 is 0 Å². The van der Waals surface area contributed by atoms with E-state index in [4.69, 9.17) is 9.84 Å². The van der Waals surface area contributed by atoms with E-state index >= 15 is 0 Å². The highest BCUT2D eigenvalue weighted by Crippen LogP contribution is 2.16.